The van der Waals surface area contributed by atoms with Crippen LogP contribution < -0.4 is 75.4 Å². The molecule has 6 heterocycles. The first kappa shape index (κ1) is 99.6. The molecule has 2 aliphatic heterocycles. The zero-order valence-corrected chi connectivity index (χ0v) is 69.0. The Morgan fingerprint density at radius 2 is 0.873 bits per heavy atom. The van der Waals surface area contributed by atoms with Gasteiger partial charge in [-0.2, -0.15) is 0 Å². The van der Waals surface area contributed by atoms with E-state index in [1.807, 2.05) is 39.0 Å². The van der Waals surface area contributed by atoms with E-state index < -0.39 is 19.2 Å². The second kappa shape index (κ2) is 61.5. The van der Waals surface area contributed by atoms with Crippen molar-refractivity contribution in [2.75, 3.05) is 61.0 Å². The second-order valence-electron chi connectivity index (χ2n) is 28.0. The van der Waals surface area contributed by atoms with Gasteiger partial charge in [0.1, 0.15) is 11.9 Å². The molecule has 0 aromatic carbocycles. The Labute approximate surface area is 683 Å². The molecule has 16 nitrogen and oxygen atoms in total. The van der Waals surface area contributed by atoms with Crippen molar-refractivity contribution in [2.45, 2.75) is 291 Å². The van der Waals surface area contributed by atoms with Gasteiger partial charge in [-0.05, 0) is 271 Å². The Bertz CT molecular complexity index is 2950. The normalized spacial score (nSPS) is 15.3. The standard InChI is InChI=1S/C17H26NO4P.C17H25NO2.C17H25NO.C17H23NO.2C4H8O.C4H9O.C2H6O.Al.K.Li.4H/c1-21-23(20,22-2)13-16(19)9-5-4-8-15-12-11-14-7-3-6-10-17(14)18-15;1-13(12-17(19)20)6-2-4-8-15-11-10-14-7-3-5-9-16(14)18-15;2*1-2-7-16(19)10-5-4-9-15-13-12-14-8-3-6-11-17(14)18-15;2*1-2-4-5-3-1;1-4(2,3)5;1-3-2;;;;;;;/h11-12H,3-10,13H2,1-2H3;10-11,13H,2-9,12H2,1H3,(H,19,20);2,7,12-13,16,19H,3-6,8-11H2,1H3;2,7,12-13H,3-6,8-11H2,1H3;2*1-4H2;1-3H3;1-2H3;;;;;;;/q;;;;;;-1;;;2*+1;;;;-1/b;;2*7-2+;;;;;;;;;;;. The molecule has 4 aromatic heterocycles. The van der Waals surface area contributed by atoms with Crippen LogP contribution in [-0.4, -0.2) is 138 Å². The van der Waals surface area contributed by atoms with Crippen molar-refractivity contribution in [1.29, 1.82) is 0 Å². The van der Waals surface area contributed by atoms with Gasteiger partial charge >= 0.3 is 83.8 Å². The number of fused-ring (bicyclic) bond motifs is 4. The quantitative estimate of drug-likeness (QED) is 0.0177. The number of aromatic nitrogens is 4. The fraction of sp³-hybridized carbons (Fsp3) is 0.671. The summed E-state index contributed by atoms with van der Waals surface area (Å²) >= 11 is 0. The van der Waals surface area contributed by atoms with E-state index in [0.29, 0.717) is 12.8 Å². The molecule has 0 bridgehead atoms. The predicted octanol–water partition coefficient (Wildman–Crippen LogP) is 9.88. The summed E-state index contributed by atoms with van der Waals surface area (Å²) in [5, 5.41) is 28.4. The summed E-state index contributed by atoms with van der Waals surface area (Å²) < 4.78 is 35.6. The molecule has 4 aromatic rings. The smallest absolute Gasteiger partial charge is 1.00 e. The number of carbonyl (C=O) groups excluding carboxylic acids is 2. The Hall–Kier alpha value is -2.39. The number of rotatable bonds is 28. The number of ketones is 2. The number of Topliss-reactive ketones (excluding diaryl/α,β-unsaturated/α-hetero) is 1. The number of unbranched alkanes of at least 4 members (excludes halogenated alkanes) is 4. The molecular weight excluding hydrogens is 1340 g/mol. The molecule has 0 amide bonds. The summed E-state index contributed by atoms with van der Waals surface area (Å²) in [5.74, 6) is -0.242. The molecule has 0 radical (unpaired) electrons. The minimum atomic E-state index is -3.22. The third-order valence-corrected chi connectivity index (χ3v) is 19.5. The Morgan fingerprint density at radius 3 is 1.18 bits per heavy atom. The van der Waals surface area contributed by atoms with Gasteiger partial charge in [-0.25, -0.2) is 0 Å². The van der Waals surface area contributed by atoms with Crippen molar-refractivity contribution in [2.24, 2.45) is 5.92 Å². The Morgan fingerprint density at radius 1 is 0.549 bits per heavy atom. The number of carboxylic acid groups (broad SMARTS) is 1. The molecule has 6 aliphatic rings. The molecule has 2 saturated heterocycles. The van der Waals surface area contributed by atoms with E-state index in [1.54, 1.807) is 41.1 Å². The number of hydrogen-bond acceptors (Lipinski definition) is 15. The predicted molar refractivity (Wildman–Crippen MR) is 411 cm³/mol. The summed E-state index contributed by atoms with van der Waals surface area (Å²) in [5.41, 5.74) is 14.9. The van der Waals surface area contributed by atoms with Crippen molar-refractivity contribution in [1.82, 2.24) is 19.9 Å². The second-order valence-corrected chi connectivity index (χ2v) is 30.2. The fourth-order valence-electron chi connectivity index (χ4n) is 12.3. The number of allylic oxidation sites excluding steroid dienone is 3. The van der Waals surface area contributed by atoms with Crippen molar-refractivity contribution in [3.8, 4) is 0 Å². The molecule has 2 N–H and O–H groups in total. The number of aliphatic carboxylic acids is 1. The van der Waals surface area contributed by atoms with Crippen LogP contribution in [-0.2, 0) is 119 Å². The number of ether oxygens (including phenoxy) is 3. The molecule has 2 fully saturated rings. The van der Waals surface area contributed by atoms with Crippen LogP contribution in [0.3, 0.4) is 0 Å². The van der Waals surface area contributed by atoms with Gasteiger partial charge < -0.3 is 40.0 Å². The van der Waals surface area contributed by atoms with Gasteiger partial charge in [0.15, 0.2) is 23.1 Å². The van der Waals surface area contributed by atoms with Crippen molar-refractivity contribution >= 4 is 42.5 Å². The van der Waals surface area contributed by atoms with Crippen LogP contribution in [0, 0.1) is 5.92 Å². The first-order valence-electron chi connectivity index (χ1n) is 37.8. The van der Waals surface area contributed by atoms with Crippen LogP contribution in [0.25, 0.3) is 0 Å². The van der Waals surface area contributed by atoms with Crippen LogP contribution in [0.5, 0.6) is 0 Å². The van der Waals surface area contributed by atoms with Crippen LogP contribution in [0.15, 0.2) is 72.8 Å². The maximum Gasteiger partial charge on any atom is 1.00 e. The SMILES string of the molecule is C/C=C/C(=O)CCCCc1ccc2c(n1)CCCC2.C/C=C/C(O)CCCCc1ccc2c(n1)CCCC2.C1CCOC1.C1CCOC1.CC(C)(C)[O-].CC(CCCCc1ccc2c(n1)CCCC2)CC(=O)O.COC.COP(=O)(CC(=O)CCCCc1ccc2c(n1)CCCC2)OC.[AlH3].[H-].[K+].[Li+]. The maximum absolute atomic E-state index is 11.9. The first-order chi connectivity index (χ1) is 47.7. The van der Waals surface area contributed by atoms with E-state index in [9.17, 15) is 29.2 Å². The molecule has 2 unspecified atom stereocenters. The molecule has 564 valence electrons. The van der Waals surface area contributed by atoms with Gasteiger partial charge in [0.25, 0.3) is 0 Å². The zero-order valence-electron chi connectivity index (χ0n) is 66.0. The minimum Gasteiger partial charge on any atom is -1.00 e. The maximum atomic E-state index is 11.9. The average molecular weight is 1470 g/mol. The van der Waals surface area contributed by atoms with Gasteiger partial charge in [0.2, 0.25) is 0 Å². The Kier molecular flexibility index (Phi) is 60.0. The van der Waals surface area contributed by atoms with Crippen LogP contribution in [0.2, 0.25) is 0 Å². The number of carboxylic acids is 1. The number of aliphatic hydroxyl groups excluding tert-OH is 1. The Balaban J connectivity index is 0. The number of aliphatic hydroxyl groups is 1. The van der Waals surface area contributed by atoms with E-state index in [-0.39, 0.29) is 125 Å². The van der Waals surface area contributed by atoms with Crippen molar-refractivity contribution in [3.63, 3.8) is 0 Å². The molecule has 4 aliphatic carbocycles. The number of pyridine rings is 4. The molecule has 0 spiro atoms. The number of carbonyl (C=O) groups is 3. The monoisotopic (exact) mass is 1470 g/mol. The van der Waals surface area contributed by atoms with E-state index in [0.717, 1.165) is 154 Å². The largest absolute Gasteiger partial charge is 1.00 e. The van der Waals surface area contributed by atoms with Crippen LogP contribution >= 0.6 is 7.60 Å². The molecule has 20 heteroatoms. The summed E-state index contributed by atoms with van der Waals surface area (Å²) in [6, 6.07) is 17.6. The zero-order chi connectivity index (χ0) is 72.4. The van der Waals surface area contributed by atoms with E-state index in [1.165, 1.54) is 173 Å². The van der Waals surface area contributed by atoms with Gasteiger partial charge in [-0.1, -0.05) is 89.5 Å². The van der Waals surface area contributed by atoms with Crippen LogP contribution in [0.1, 0.15) is 271 Å². The van der Waals surface area contributed by atoms with Gasteiger partial charge in [0, 0.05) is 120 Å². The van der Waals surface area contributed by atoms with E-state index in [2.05, 4.69) is 53.3 Å². The number of hydrogen-bond donors (Lipinski definition) is 2. The minimum absolute atomic E-state index is 0. The summed E-state index contributed by atoms with van der Waals surface area (Å²) in [7, 11) is 2.64. The van der Waals surface area contributed by atoms with E-state index in [4.69, 9.17) is 43.6 Å². The molecular formula is C82H134AlKLiN4O12P. The third kappa shape index (κ3) is 48.8. The summed E-state index contributed by atoms with van der Waals surface area (Å²) in [6.45, 7) is 14.7. The molecule has 2 atom stereocenters. The average Bonchev–Trinajstić information content (AvgIpc) is 1.05. The van der Waals surface area contributed by atoms with Crippen LogP contribution in [0.4, 0.5) is 0 Å². The van der Waals surface area contributed by atoms with Crippen molar-refractivity contribution < 1.29 is 129 Å². The summed E-state index contributed by atoms with van der Waals surface area (Å²) in [6.07, 6.45) is 46.7. The number of aryl methyl sites for hydroxylation is 12. The molecule has 102 heavy (non-hydrogen) atoms. The summed E-state index contributed by atoms with van der Waals surface area (Å²) in [4.78, 5) is 52.9. The number of methoxy groups -OCH3 is 1. The van der Waals surface area contributed by atoms with Crippen molar-refractivity contribution in [3.05, 3.63) is 141 Å². The van der Waals surface area contributed by atoms with E-state index >= 15 is 0 Å². The van der Waals surface area contributed by atoms with Gasteiger partial charge in [0.05, 0.1) is 6.10 Å². The molecule has 0 saturated carbocycles. The third-order valence-electron chi connectivity index (χ3n) is 17.6. The first-order valence-corrected chi connectivity index (χ1v) is 39.5. The molecule has 10 rings (SSSR count). The number of nitrogens with zero attached hydrogens (tertiary/aromatic N) is 4. The topological polar surface area (TPSA) is 230 Å². The van der Waals surface area contributed by atoms with Gasteiger partial charge in [-0.15, -0.1) is 5.60 Å². The fourth-order valence-corrected chi connectivity index (χ4v) is 13.3. The van der Waals surface area contributed by atoms with Gasteiger partial charge in [-0.3, -0.25) is 38.9 Å².